The van der Waals surface area contributed by atoms with Crippen LogP contribution in [0.25, 0.3) is 0 Å². The quantitative estimate of drug-likeness (QED) is 0.648. The largest absolute Gasteiger partial charge is 0.352 e. The lowest BCUT2D eigenvalue weighted by Gasteiger charge is -2.26. The average molecular weight is 173 g/mol. The Balaban J connectivity index is 0.00000144. The van der Waals surface area contributed by atoms with Crippen molar-refractivity contribution < 1.29 is 6.22 Å². The lowest BCUT2D eigenvalue weighted by Crippen LogP contribution is -2.39. The van der Waals surface area contributed by atoms with Crippen molar-refractivity contribution in [2.24, 2.45) is 5.73 Å². The normalized spacial score (nSPS) is 19.0. The van der Waals surface area contributed by atoms with Crippen LogP contribution in [-0.4, -0.2) is 37.1 Å². The van der Waals surface area contributed by atoms with Gasteiger partial charge in [-0.1, -0.05) is 6.42 Å². The highest BCUT2D eigenvalue weighted by molar-refractivity contribution is 5.71. The number of nitrogens with zero attached hydrogens (tertiary/aromatic N) is 1. The molecular weight excluding hydrogens is 154 g/mol. The lowest BCUT2D eigenvalue weighted by atomic mass is 10.1. The maximum absolute atomic E-state index is 10.3. The average Bonchev–Trinajstić information content (AvgIpc) is 2.05. The topological polar surface area (TPSA) is 58.4 Å². The van der Waals surface area contributed by atoms with Crippen molar-refractivity contribution in [3.8, 4) is 0 Å². The van der Waals surface area contributed by atoms with Gasteiger partial charge in [-0.2, -0.15) is 0 Å². The summed E-state index contributed by atoms with van der Waals surface area (Å²) in [5.74, 6) is 0. The first-order chi connectivity index (χ1) is 5.79. The van der Waals surface area contributed by atoms with Crippen molar-refractivity contribution in [2.75, 3.05) is 26.2 Å². The molecule has 1 aliphatic rings. The second kappa shape index (κ2) is 4.98. The molecule has 0 unspecified atom stereocenters. The van der Waals surface area contributed by atoms with Crippen LogP contribution in [-0.2, 0) is 0 Å². The first-order valence-corrected chi connectivity index (χ1v) is 4.55. The van der Waals surface area contributed by atoms with E-state index in [9.17, 15) is 4.79 Å². The van der Waals surface area contributed by atoms with Gasteiger partial charge in [-0.3, -0.25) is 0 Å². The molecule has 2 amide bonds. The molecule has 0 aromatic carbocycles. The van der Waals surface area contributed by atoms with Crippen LogP contribution in [0.3, 0.4) is 0 Å². The monoisotopic (exact) mass is 173 g/mol. The van der Waals surface area contributed by atoms with Gasteiger partial charge in [0.05, 0.1) is 0 Å². The Kier molecular flexibility index (Phi) is 3.87. The lowest BCUT2D eigenvalue weighted by molar-refractivity contribution is 0.223. The van der Waals surface area contributed by atoms with Gasteiger partial charge in [0, 0.05) is 14.5 Å². The molecule has 12 heavy (non-hydrogen) atoms. The maximum Gasteiger partial charge on any atom is 0.312 e. The smallest absolute Gasteiger partial charge is 0.312 e. The second-order valence-corrected chi connectivity index (χ2v) is 3.19. The summed E-state index contributed by atoms with van der Waals surface area (Å²) in [4.78, 5) is 12.7. The van der Waals surface area contributed by atoms with E-state index < -0.39 is 6.03 Å². The SMILES string of the molecule is NC(=O)NCCN1CCCCC1.[HH]. The number of nitrogens with two attached hydrogens (primary N) is 1. The Bertz CT molecular complexity index is 148. The predicted octanol–water partition coefficient (Wildman–Crippen LogP) is 0.387. The fourth-order valence-corrected chi connectivity index (χ4v) is 1.52. The van der Waals surface area contributed by atoms with Crippen molar-refractivity contribution in [1.29, 1.82) is 0 Å². The molecule has 1 rings (SSSR count). The van der Waals surface area contributed by atoms with Crippen molar-refractivity contribution >= 4 is 6.03 Å². The van der Waals surface area contributed by atoms with Gasteiger partial charge in [0.15, 0.2) is 0 Å². The molecule has 1 aliphatic heterocycles. The van der Waals surface area contributed by atoms with E-state index in [-0.39, 0.29) is 1.43 Å². The highest BCUT2D eigenvalue weighted by Crippen LogP contribution is 2.06. The van der Waals surface area contributed by atoms with Crippen LogP contribution >= 0.6 is 0 Å². The van der Waals surface area contributed by atoms with Crippen LogP contribution in [0.2, 0.25) is 0 Å². The molecule has 1 fully saturated rings. The van der Waals surface area contributed by atoms with Gasteiger partial charge in [0.2, 0.25) is 0 Å². The van der Waals surface area contributed by atoms with Crippen molar-refractivity contribution in [3.63, 3.8) is 0 Å². The van der Waals surface area contributed by atoms with E-state index in [0.29, 0.717) is 6.54 Å². The number of carbonyl (C=O) groups is 1. The summed E-state index contributed by atoms with van der Waals surface area (Å²) in [6.45, 7) is 3.94. The summed E-state index contributed by atoms with van der Waals surface area (Å²) in [6.07, 6.45) is 3.92. The number of urea groups is 1. The molecule has 0 bridgehead atoms. The van der Waals surface area contributed by atoms with E-state index in [1.165, 1.54) is 32.4 Å². The van der Waals surface area contributed by atoms with E-state index in [4.69, 9.17) is 5.73 Å². The molecule has 0 aliphatic carbocycles. The maximum atomic E-state index is 10.3. The van der Waals surface area contributed by atoms with Gasteiger partial charge in [0.1, 0.15) is 0 Å². The number of hydrogen-bond acceptors (Lipinski definition) is 2. The van der Waals surface area contributed by atoms with Crippen LogP contribution in [0.4, 0.5) is 4.79 Å². The van der Waals surface area contributed by atoms with Crippen molar-refractivity contribution in [1.82, 2.24) is 10.2 Å². The molecule has 0 aromatic heterocycles. The van der Waals surface area contributed by atoms with Gasteiger partial charge in [-0.25, -0.2) is 4.79 Å². The number of hydrogen-bond donors (Lipinski definition) is 2. The molecule has 0 atom stereocenters. The van der Waals surface area contributed by atoms with Crippen LogP contribution in [0, 0.1) is 0 Å². The Hall–Kier alpha value is -0.770. The fourth-order valence-electron chi connectivity index (χ4n) is 1.52. The third kappa shape index (κ3) is 3.57. The molecule has 4 nitrogen and oxygen atoms in total. The van der Waals surface area contributed by atoms with Gasteiger partial charge in [-0.05, 0) is 25.9 Å². The highest BCUT2D eigenvalue weighted by atomic mass is 16.2. The highest BCUT2D eigenvalue weighted by Gasteiger charge is 2.08. The van der Waals surface area contributed by atoms with E-state index in [2.05, 4.69) is 10.2 Å². The summed E-state index contributed by atoms with van der Waals surface area (Å²) in [7, 11) is 0. The van der Waals surface area contributed by atoms with E-state index in [0.717, 1.165) is 6.54 Å². The van der Waals surface area contributed by atoms with Crippen LogP contribution in [0.15, 0.2) is 0 Å². The number of nitrogens with one attached hydrogen (secondary N) is 1. The molecule has 0 aromatic rings. The van der Waals surface area contributed by atoms with Crippen LogP contribution in [0.1, 0.15) is 20.7 Å². The predicted molar refractivity (Wildman–Crippen MR) is 50.0 cm³/mol. The summed E-state index contributed by atoms with van der Waals surface area (Å²) in [5.41, 5.74) is 4.94. The summed E-state index contributed by atoms with van der Waals surface area (Å²) in [5, 5.41) is 2.59. The standard InChI is InChI=1S/C8H17N3O.H2/c9-8(12)10-4-7-11-5-2-1-3-6-11;/h1-7H2,(H3,9,10,12);1H. The van der Waals surface area contributed by atoms with E-state index >= 15 is 0 Å². The minimum Gasteiger partial charge on any atom is -0.352 e. The molecule has 1 saturated heterocycles. The first kappa shape index (κ1) is 9.32. The number of rotatable bonds is 3. The Morgan fingerprint density at radius 2 is 2.08 bits per heavy atom. The summed E-state index contributed by atoms with van der Waals surface area (Å²) in [6, 6.07) is -0.424. The molecule has 3 N–H and O–H groups in total. The van der Waals surface area contributed by atoms with Crippen LogP contribution < -0.4 is 11.1 Å². The Morgan fingerprint density at radius 1 is 1.42 bits per heavy atom. The molecule has 0 radical (unpaired) electrons. The van der Waals surface area contributed by atoms with Crippen molar-refractivity contribution in [2.45, 2.75) is 19.3 Å². The zero-order chi connectivity index (χ0) is 8.81. The number of likely N-dealkylation sites (tertiary alicyclic amines) is 1. The summed E-state index contributed by atoms with van der Waals surface area (Å²) >= 11 is 0. The van der Waals surface area contributed by atoms with Gasteiger partial charge < -0.3 is 16.0 Å². The van der Waals surface area contributed by atoms with Crippen molar-refractivity contribution in [3.05, 3.63) is 0 Å². The fraction of sp³-hybridized carbons (Fsp3) is 0.875. The number of amides is 2. The Morgan fingerprint density at radius 3 is 2.67 bits per heavy atom. The zero-order valence-electron chi connectivity index (χ0n) is 7.38. The third-order valence-corrected chi connectivity index (χ3v) is 2.18. The number of carbonyl (C=O) groups excluding carboxylic acids is 1. The van der Waals surface area contributed by atoms with E-state index in [1.54, 1.807) is 0 Å². The first-order valence-electron chi connectivity index (χ1n) is 4.55. The van der Waals surface area contributed by atoms with Crippen LogP contribution in [0.5, 0.6) is 0 Å². The van der Waals surface area contributed by atoms with Gasteiger partial charge in [0.25, 0.3) is 0 Å². The third-order valence-electron chi connectivity index (χ3n) is 2.18. The number of primary amides is 1. The zero-order valence-corrected chi connectivity index (χ0v) is 7.38. The minimum absolute atomic E-state index is 0. The van der Waals surface area contributed by atoms with E-state index in [1.807, 2.05) is 0 Å². The molecular formula is C8H19N3O. The molecule has 72 valence electrons. The Labute approximate surface area is 74.6 Å². The summed E-state index contributed by atoms with van der Waals surface area (Å²) < 4.78 is 0. The minimum atomic E-state index is -0.424. The van der Waals surface area contributed by atoms with Gasteiger partial charge in [-0.15, -0.1) is 0 Å². The second-order valence-electron chi connectivity index (χ2n) is 3.19. The molecule has 0 spiro atoms. The van der Waals surface area contributed by atoms with Gasteiger partial charge >= 0.3 is 6.03 Å². The molecule has 0 saturated carbocycles. The molecule has 4 heteroatoms. The number of piperidine rings is 1. The molecule has 1 heterocycles.